The van der Waals surface area contributed by atoms with Crippen LogP contribution in [0, 0.1) is 0 Å². The lowest BCUT2D eigenvalue weighted by Crippen LogP contribution is -2.05. The van der Waals surface area contributed by atoms with E-state index in [9.17, 15) is 24.9 Å². The number of benzene rings is 4. The first kappa shape index (κ1) is 28.6. The zero-order valence-corrected chi connectivity index (χ0v) is 22.6. The Hall–Kier alpha value is -5.44. The van der Waals surface area contributed by atoms with E-state index in [1.807, 2.05) is 0 Å². The van der Waals surface area contributed by atoms with Crippen molar-refractivity contribution in [2.24, 2.45) is 0 Å². The van der Waals surface area contributed by atoms with Crippen LogP contribution in [-0.4, -0.2) is 42.4 Å². The molecule has 0 aliphatic heterocycles. The smallest absolute Gasteiger partial charge is 0.204 e. The van der Waals surface area contributed by atoms with Crippen LogP contribution in [0.3, 0.4) is 0 Å². The molecule has 0 spiro atoms. The van der Waals surface area contributed by atoms with Gasteiger partial charge in [0.25, 0.3) is 0 Å². The van der Waals surface area contributed by atoms with Gasteiger partial charge in [0.1, 0.15) is 29.3 Å². The predicted molar refractivity (Wildman–Crippen MR) is 153 cm³/mol. The Morgan fingerprint density at radius 3 is 1.98 bits per heavy atom. The van der Waals surface area contributed by atoms with Gasteiger partial charge in [-0.1, -0.05) is 24.3 Å². The first-order chi connectivity index (χ1) is 19.7. The lowest BCUT2D eigenvalue weighted by Gasteiger charge is -2.08. The molecule has 0 radical (unpaired) electrons. The summed E-state index contributed by atoms with van der Waals surface area (Å²) >= 11 is 0. The summed E-state index contributed by atoms with van der Waals surface area (Å²) in [6.45, 7) is 0. The fourth-order valence-electron chi connectivity index (χ4n) is 4.11. The molecule has 4 aromatic carbocycles. The number of hydrogen-bond donors (Lipinski definition) is 3. The Morgan fingerprint density at radius 1 is 0.756 bits per heavy atom. The van der Waals surface area contributed by atoms with Crippen molar-refractivity contribution in [3.8, 4) is 45.6 Å². The van der Waals surface area contributed by atoms with Crippen LogP contribution in [0.5, 0.6) is 34.5 Å². The molecule has 1 aromatic heterocycles. The molecular formula is C32H28O9. The number of fused-ring (bicyclic) bond motifs is 1. The standard InChI is InChI=1S/C17H14O5.C15H14O4/c1-20-11-5-3-10(4-6-11)13-9-22-16-12(15(13)19)7-8-14(18)17(16)21-2;1-19-12-5-2-10(3-6-12)8-14(17)13-7-4-11(16)9-15(13)18/h3-9,18H,1-2H3;2-7,9,16,18H,8H2,1H3. The lowest BCUT2D eigenvalue weighted by molar-refractivity contribution is 0.0990. The summed E-state index contributed by atoms with van der Waals surface area (Å²) in [6.07, 6.45) is 1.55. The van der Waals surface area contributed by atoms with Crippen LogP contribution in [0.25, 0.3) is 22.1 Å². The van der Waals surface area contributed by atoms with Crippen LogP contribution >= 0.6 is 0 Å². The Morgan fingerprint density at radius 2 is 1.39 bits per heavy atom. The maximum Gasteiger partial charge on any atom is 0.204 e. The van der Waals surface area contributed by atoms with Crippen molar-refractivity contribution in [2.75, 3.05) is 21.3 Å². The maximum atomic E-state index is 12.6. The van der Waals surface area contributed by atoms with E-state index < -0.39 is 0 Å². The zero-order chi connectivity index (χ0) is 29.5. The van der Waals surface area contributed by atoms with E-state index in [1.54, 1.807) is 62.8 Å². The molecule has 0 saturated carbocycles. The van der Waals surface area contributed by atoms with Gasteiger partial charge in [0, 0.05) is 12.5 Å². The minimum absolute atomic E-state index is 0.0708. The van der Waals surface area contributed by atoms with Crippen LogP contribution in [-0.2, 0) is 6.42 Å². The molecule has 0 bridgehead atoms. The van der Waals surface area contributed by atoms with E-state index in [4.69, 9.17) is 18.6 Å². The van der Waals surface area contributed by atoms with Crippen molar-refractivity contribution in [3.63, 3.8) is 0 Å². The van der Waals surface area contributed by atoms with Gasteiger partial charge >= 0.3 is 0 Å². The van der Waals surface area contributed by atoms with E-state index in [0.717, 1.165) is 22.9 Å². The van der Waals surface area contributed by atoms with Crippen LogP contribution in [0.1, 0.15) is 15.9 Å². The van der Waals surface area contributed by atoms with Crippen LogP contribution in [0.4, 0.5) is 0 Å². The number of rotatable bonds is 7. The third kappa shape index (κ3) is 6.42. The van der Waals surface area contributed by atoms with Crippen molar-refractivity contribution in [1.29, 1.82) is 0 Å². The summed E-state index contributed by atoms with van der Waals surface area (Å²) < 4.78 is 20.8. The molecule has 0 fully saturated rings. The Balaban J connectivity index is 0.000000191. The minimum atomic E-state index is -0.210. The predicted octanol–water partition coefficient (Wildman–Crippen LogP) is 5.71. The van der Waals surface area contributed by atoms with E-state index in [1.165, 1.54) is 37.6 Å². The number of ketones is 1. The number of carbonyl (C=O) groups excluding carboxylic acids is 1. The van der Waals surface area contributed by atoms with E-state index in [2.05, 4.69) is 0 Å². The molecule has 9 heteroatoms. The number of hydrogen-bond acceptors (Lipinski definition) is 9. The molecular weight excluding hydrogens is 528 g/mol. The summed E-state index contributed by atoms with van der Waals surface area (Å²) in [5.41, 5.74) is 2.23. The molecule has 0 unspecified atom stereocenters. The molecule has 3 N–H and O–H groups in total. The van der Waals surface area contributed by atoms with Gasteiger partial charge in [0.2, 0.25) is 11.2 Å². The molecule has 9 nitrogen and oxygen atoms in total. The second-order valence-electron chi connectivity index (χ2n) is 8.85. The monoisotopic (exact) mass is 556 g/mol. The van der Waals surface area contributed by atoms with E-state index in [0.29, 0.717) is 16.7 Å². The SMILES string of the molecule is COc1ccc(-c2coc3c(OC)c(O)ccc3c2=O)cc1.COc1ccc(CC(=O)c2ccc(O)cc2O)cc1. The van der Waals surface area contributed by atoms with Crippen molar-refractivity contribution < 1.29 is 38.7 Å². The average Bonchev–Trinajstić information content (AvgIpc) is 2.98. The fourth-order valence-corrected chi connectivity index (χ4v) is 4.11. The third-order valence-electron chi connectivity index (χ3n) is 6.29. The summed E-state index contributed by atoms with van der Waals surface area (Å²) in [5, 5.41) is 28.9. The topological polar surface area (TPSA) is 136 Å². The van der Waals surface area contributed by atoms with Crippen LogP contribution in [0.2, 0.25) is 0 Å². The highest BCUT2D eigenvalue weighted by molar-refractivity contribution is 6.00. The molecule has 0 atom stereocenters. The number of aromatic hydroxyl groups is 3. The maximum absolute atomic E-state index is 12.6. The number of phenols is 3. The molecule has 210 valence electrons. The molecule has 5 aromatic rings. The van der Waals surface area contributed by atoms with Gasteiger partial charge < -0.3 is 33.9 Å². The number of ether oxygens (including phenoxy) is 3. The number of phenolic OH excluding ortho intramolecular Hbond substituents is 3. The Bertz CT molecular complexity index is 1720. The molecule has 1 heterocycles. The second-order valence-corrected chi connectivity index (χ2v) is 8.85. The van der Waals surface area contributed by atoms with Gasteiger partial charge in [-0.25, -0.2) is 0 Å². The first-order valence-corrected chi connectivity index (χ1v) is 12.4. The molecule has 5 rings (SSSR count). The number of Topliss-reactive ketones (excluding diaryl/α,β-unsaturated/α-hetero) is 1. The number of carbonyl (C=O) groups is 1. The largest absolute Gasteiger partial charge is 0.508 e. The zero-order valence-electron chi connectivity index (χ0n) is 22.6. The molecule has 0 aliphatic rings. The van der Waals surface area contributed by atoms with Crippen molar-refractivity contribution >= 4 is 16.8 Å². The van der Waals surface area contributed by atoms with Gasteiger partial charge in [-0.15, -0.1) is 0 Å². The van der Waals surface area contributed by atoms with Crippen LogP contribution < -0.4 is 19.6 Å². The first-order valence-electron chi connectivity index (χ1n) is 12.4. The van der Waals surface area contributed by atoms with Crippen molar-refractivity contribution in [3.05, 3.63) is 106 Å². The van der Waals surface area contributed by atoms with Crippen molar-refractivity contribution in [2.45, 2.75) is 6.42 Å². The quantitative estimate of drug-likeness (QED) is 0.215. The molecule has 0 amide bonds. The van der Waals surface area contributed by atoms with E-state index in [-0.39, 0.29) is 51.8 Å². The fraction of sp³-hybridized carbons (Fsp3) is 0.125. The summed E-state index contributed by atoms with van der Waals surface area (Å²) in [5.74, 6) is 1.02. The Labute approximate surface area is 235 Å². The normalized spacial score (nSPS) is 10.4. The average molecular weight is 557 g/mol. The second kappa shape index (κ2) is 12.6. The van der Waals surface area contributed by atoms with Crippen molar-refractivity contribution in [1.82, 2.24) is 0 Å². The van der Waals surface area contributed by atoms with Gasteiger partial charge in [-0.05, 0) is 59.7 Å². The summed E-state index contributed by atoms with van der Waals surface area (Å²) in [7, 11) is 4.57. The third-order valence-corrected chi connectivity index (χ3v) is 6.29. The highest BCUT2D eigenvalue weighted by atomic mass is 16.5. The van der Waals surface area contributed by atoms with Gasteiger partial charge in [-0.2, -0.15) is 0 Å². The lowest BCUT2D eigenvalue weighted by atomic mass is 10.0. The summed E-state index contributed by atoms with van der Waals surface area (Å²) in [4.78, 5) is 24.7. The van der Waals surface area contributed by atoms with Gasteiger partial charge in [-0.3, -0.25) is 9.59 Å². The van der Waals surface area contributed by atoms with Gasteiger partial charge in [0.05, 0.1) is 37.8 Å². The Kier molecular flexibility index (Phi) is 8.79. The van der Waals surface area contributed by atoms with Gasteiger partial charge in [0.15, 0.2) is 17.1 Å². The highest BCUT2D eigenvalue weighted by Gasteiger charge is 2.16. The molecule has 0 saturated heterocycles. The highest BCUT2D eigenvalue weighted by Crippen LogP contribution is 2.34. The van der Waals surface area contributed by atoms with Crippen LogP contribution in [0.15, 0.2) is 94.3 Å². The van der Waals surface area contributed by atoms with E-state index >= 15 is 0 Å². The minimum Gasteiger partial charge on any atom is -0.508 e. The molecule has 41 heavy (non-hydrogen) atoms. The number of methoxy groups -OCH3 is 3. The summed E-state index contributed by atoms with van der Waals surface area (Å²) in [6, 6.07) is 21.2. The molecule has 0 aliphatic carbocycles.